The number of piperidine rings is 1. The second kappa shape index (κ2) is 16.2. The highest BCUT2D eigenvalue weighted by molar-refractivity contribution is 5.87. The zero-order chi connectivity index (χ0) is 20.7. The third kappa shape index (κ3) is 9.99. The van der Waals surface area contributed by atoms with Crippen molar-refractivity contribution in [1.82, 2.24) is 9.80 Å². The number of amides is 1. The summed E-state index contributed by atoms with van der Waals surface area (Å²) in [5.74, 6) is 0.0835. The molecule has 1 aromatic carbocycles. The summed E-state index contributed by atoms with van der Waals surface area (Å²) in [5, 5.41) is 0. The van der Waals surface area contributed by atoms with Crippen LogP contribution in [0.2, 0.25) is 0 Å². The van der Waals surface area contributed by atoms with Gasteiger partial charge in [0.2, 0.25) is 5.91 Å². The summed E-state index contributed by atoms with van der Waals surface area (Å²) in [4.78, 5) is 19.2. The average Bonchev–Trinajstić information content (AvgIpc) is 2.78. The smallest absolute Gasteiger partial charge is 0.245 e. The van der Waals surface area contributed by atoms with Crippen molar-refractivity contribution in [2.24, 2.45) is 0 Å². The second-order valence-electron chi connectivity index (χ2n) is 8.17. The zero-order valence-electron chi connectivity index (χ0n) is 18.9. The van der Waals surface area contributed by atoms with Gasteiger partial charge in [-0.05, 0) is 63.4 Å². The largest absolute Gasteiger partial charge is 0.372 e. The number of hydrogen-bond acceptors (Lipinski definition) is 3. The lowest BCUT2D eigenvalue weighted by molar-refractivity contribution is -0.126. The molecule has 0 radical (unpaired) electrons. The molecule has 0 atom stereocenters. The van der Waals surface area contributed by atoms with Gasteiger partial charge < -0.3 is 14.7 Å². The van der Waals surface area contributed by atoms with Crippen LogP contribution in [0.5, 0.6) is 0 Å². The van der Waals surface area contributed by atoms with Crippen molar-refractivity contribution in [1.29, 1.82) is 0 Å². The van der Waals surface area contributed by atoms with Crippen LogP contribution in [0.3, 0.4) is 0 Å². The van der Waals surface area contributed by atoms with Gasteiger partial charge in [-0.2, -0.15) is 0 Å². The van der Waals surface area contributed by atoms with E-state index in [1.165, 1.54) is 69.8 Å². The van der Waals surface area contributed by atoms with Crippen LogP contribution in [0.15, 0.2) is 43.0 Å². The van der Waals surface area contributed by atoms with Crippen LogP contribution in [-0.4, -0.2) is 61.5 Å². The van der Waals surface area contributed by atoms with Gasteiger partial charge in [0.05, 0.1) is 0 Å². The van der Waals surface area contributed by atoms with Crippen LogP contribution < -0.4 is 4.90 Å². The summed E-state index contributed by atoms with van der Waals surface area (Å²) in [5.41, 5.74) is 1.33. The Kier molecular flexibility index (Phi) is 14.3. The molecule has 5 heteroatoms. The summed E-state index contributed by atoms with van der Waals surface area (Å²) in [6, 6.07) is 10.7. The van der Waals surface area contributed by atoms with Crippen molar-refractivity contribution in [2.75, 3.05) is 50.7 Å². The normalized spacial score (nSPS) is 14.0. The number of hydrogen-bond donors (Lipinski definition) is 0. The molecule has 1 amide bonds. The first-order valence-corrected chi connectivity index (χ1v) is 11.7. The van der Waals surface area contributed by atoms with E-state index in [0.717, 1.165) is 39.1 Å². The molecule has 1 aliphatic rings. The molecule has 0 bridgehead atoms. The average molecular weight is 436 g/mol. The van der Waals surface area contributed by atoms with Gasteiger partial charge in [-0.25, -0.2) is 0 Å². The number of halogens is 1. The highest BCUT2D eigenvalue weighted by Crippen LogP contribution is 2.15. The Morgan fingerprint density at radius 3 is 2.27 bits per heavy atom. The minimum absolute atomic E-state index is 0. The van der Waals surface area contributed by atoms with E-state index < -0.39 is 0 Å². The molecule has 1 fully saturated rings. The quantitative estimate of drug-likeness (QED) is 0.289. The van der Waals surface area contributed by atoms with Crippen molar-refractivity contribution >= 4 is 24.0 Å². The SMILES string of the molecule is C=CC(=O)N(CCCCCCN(CCC)c1ccccc1)CCN1CCCCC1.Cl. The molecular weight excluding hydrogens is 394 g/mol. The van der Waals surface area contributed by atoms with E-state index in [1.807, 2.05) is 4.90 Å². The lowest BCUT2D eigenvalue weighted by atomic mass is 10.1. The maximum atomic E-state index is 12.2. The van der Waals surface area contributed by atoms with Crippen molar-refractivity contribution in [3.05, 3.63) is 43.0 Å². The van der Waals surface area contributed by atoms with Gasteiger partial charge in [-0.1, -0.05) is 51.0 Å². The van der Waals surface area contributed by atoms with E-state index in [4.69, 9.17) is 0 Å². The van der Waals surface area contributed by atoms with Gasteiger partial charge in [0.25, 0.3) is 0 Å². The molecule has 0 unspecified atom stereocenters. The van der Waals surface area contributed by atoms with Gasteiger partial charge in [0.1, 0.15) is 0 Å². The van der Waals surface area contributed by atoms with E-state index in [9.17, 15) is 4.79 Å². The van der Waals surface area contributed by atoms with Gasteiger partial charge in [0.15, 0.2) is 0 Å². The van der Waals surface area contributed by atoms with E-state index in [0.29, 0.717) is 0 Å². The van der Waals surface area contributed by atoms with Crippen LogP contribution in [0.4, 0.5) is 5.69 Å². The maximum Gasteiger partial charge on any atom is 0.245 e. The monoisotopic (exact) mass is 435 g/mol. The third-order valence-corrected chi connectivity index (χ3v) is 5.84. The molecule has 0 aliphatic carbocycles. The first kappa shape index (κ1) is 26.5. The van der Waals surface area contributed by atoms with Crippen LogP contribution >= 0.6 is 12.4 Å². The van der Waals surface area contributed by atoms with Crippen molar-refractivity contribution in [2.45, 2.75) is 58.3 Å². The Morgan fingerprint density at radius 1 is 0.967 bits per heavy atom. The highest BCUT2D eigenvalue weighted by atomic mass is 35.5. The number of carbonyl (C=O) groups is 1. The lowest BCUT2D eigenvalue weighted by Gasteiger charge is -2.29. The predicted octanol–water partition coefficient (Wildman–Crippen LogP) is 5.39. The number of rotatable bonds is 14. The molecule has 1 aliphatic heterocycles. The molecule has 1 saturated heterocycles. The van der Waals surface area contributed by atoms with Crippen molar-refractivity contribution in [3.63, 3.8) is 0 Å². The molecule has 0 saturated carbocycles. The van der Waals surface area contributed by atoms with Gasteiger partial charge in [-0.15, -0.1) is 12.4 Å². The summed E-state index contributed by atoms with van der Waals surface area (Å²) < 4.78 is 0. The van der Waals surface area contributed by atoms with Crippen molar-refractivity contribution < 1.29 is 4.79 Å². The fourth-order valence-electron chi connectivity index (χ4n) is 4.14. The number of anilines is 1. The topological polar surface area (TPSA) is 26.8 Å². The number of benzene rings is 1. The van der Waals surface area contributed by atoms with Gasteiger partial charge in [-0.3, -0.25) is 4.79 Å². The maximum absolute atomic E-state index is 12.2. The Hall–Kier alpha value is -1.52. The summed E-state index contributed by atoms with van der Waals surface area (Å²) >= 11 is 0. The molecule has 0 aromatic heterocycles. The lowest BCUT2D eigenvalue weighted by Crippen LogP contribution is -2.40. The fraction of sp³-hybridized carbons (Fsp3) is 0.640. The molecule has 1 aromatic rings. The standard InChI is InChI=1S/C25H41N3O.ClH/c1-3-17-27(24-15-9-7-10-16-24)20-13-5-6-14-21-28(25(29)4-2)23-22-26-18-11-8-12-19-26;/h4,7,9-10,15-16H,2-3,5-6,8,11-14,17-23H2,1H3;1H. The first-order valence-electron chi connectivity index (χ1n) is 11.7. The van der Waals surface area contributed by atoms with E-state index >= 15 is 0 Å². The number of unbranched alkanes of at least 4 members (excludes halogenated alkanes) is 3. The van der Waals surface area contributed by atoms with Crippen LogP contribution in [-0.2, 0) is 4.79 Å². The molecule has 170 valence electrons. The highest BCUT2D eigenvalue weighted by Gasteiger charge is 2.14. The van der Waals surface area contributed by atoms with Gasteiger partial charge in [0, 0.05) is 38.4 Å². The molecule has 0 spiro atoms. The van der Waals surface area contributed by atoms with Crippen molar-refractivity contribution in [3.8, 4) is 0 Å². The molecule has 2 rings (SSSR count). The fourth-order valence-corrected chi connectivity index (χ4v) is 4.14. The Balaban J connectivity index is 0.00000450. The minimum Gasteiger partial charge on any atom is -0.372 e. The van der Waals surface area contributed by atoms with E-state index in [1.54, 1.807) is 0 Å². The molecule has 1 heterocycles. The Morgan fingerprint density at radius 2 is 1.63 bits per heavy atom. The van der Waals surface area contributed by atoms with Gasteiger partial charge >= 0.3 is 0 Å². The van der Waals surface area contributed by atoms with E-state index in [2.05, 4.69) is 53.6 Å². The summed E-state index contributed by atoms with van der Waals surface area (Å²) in [6.07, 6.45) is 11.3. The van der Waals surface area contributed by atoms with E-state index in [-0.39, 0.29) is 18.3 Å². The third-order valence-electron chi connectivity index (χ3n) is 5.84. The molecule has 30 heavy (non-hydrogen) atoms. The number of likely N-dealkylation sites (tertiary alicyclic amines) is 1. The summed E-state index contributed by atoms with van der Waals surface area (Å²) in [6.45, 7) is 13.2. The number of nitrogens with zero attached hydrogens (tertiary/aromatic N) is 3. The van der Waals surface area contributed by atoms with Crippen LogP contribution in [0, 0.1) is 0 Å². The first-order chi connectivity index (χ1) is 14.2. The number of para-hydroxylation sites is 1. The van der Waals surface area contributed by atoms with Crippen LogP contribution in [0.1, 0.15) is 58.3 Å². The predicted molar refractivity (Wildman–Crippen MR) is 132 cm³/mol. The molecular formula is C25H42ClN3O. The molecule has 0 N–H and O–H groups in total. The van der Waals surface area contributed by atoms with Crippen LogP contribution in [0.25, 0.3) is 0 Å². The summed E-state index contributed by atoms with van der Waals surface area (Å²) in [7, 11) is 0. The Bertz CT molecular complexity index is 575. The number of carbonyl (C=O) groups excluding carboxylic acids is 1. The minimum atomic E-state index is 0. The second-order valence-corrected chi connectivity index (χ2v) is 8.17. The Labute approximate surface area is 190 Å². The zero-order valence-corrected chi connectivity index (χ0v) is 19.8. The molecule has 4 nitrogen and oxygen atoms in total.